The van der Waals surface area contributed by atoms with Crippen LogP contribution in [0, 0.1) is 12.3 Å². The van der Waals surface area contributed by atoms with Crippen molar-refractivity contribution in [2.24, 2.45) is 5.41 Å². The van der Waals surface area contributed by atoms with Crippen LogP contribution in [0.15, 0.2) is 10.8 Å². The van der Waals surface area contributed by atoms with Gasteiger partial charge in [0.25, 0.3) is 0 Å². The minimum Gasteiger partial charge on any atom is -0.378 e. The van der Waals surface area contributed by atoms with E-state index >= 15 is 0 Å². The molecule has 1 spiro atoms. The average molecular weight is 308 g/mol. The van der Waals surface area contributed by atoms with Gasteiger partial charge < -0.3 is 15.4 Å². The zero-order chi connectivity index (χ0) is 14.9. The lowest BCUT2D eigenvalue weighted by Crippen LogP contribution is -2.64. The molecule has 5 heteroatoms. The number of ether oxygens (including phenoxy) is 1. The van der Waals surface area contributed by atoms with Crippen LogP contribution in [0.4, 0.5) is 10.5 Å². The van der Waals surface area contributed by atoms with E-state index in [9.17, 15) is 4.79 Å². The van der Waals surface area contributed by atoms with Crippen LogP contribution in [0.2, 0.25) is 0 Å². The molecule has 3 rings (SSSR count). The maximum absolute atomic E-state index is 12.2. The van der Waals surface area contributed by atoms with Crippen molar-refractivity contribution in [2.45, 2.75) is 58.1 Å². The van der Waals surface area contributed by atoms with Gasteiger partial charge in [0.05, 0.1) is 11.8 Å². The maximum atomic E-state index is 12.2. The van der Waals surface area contributed by atoms with Gasteiger partial charge in [0, 0.05) is 23.4 Å². The van der Waals surface area contributed by atoms with Crippen molar-refractivity contribution in [3.63, 3.8) is 0 Å². The lowest BCUT2D eigenvalue weighted by Gasteiger charge is -2.53. The second kappa shape index (κ2) is 5.97. The highest BCUT2D eigenvalue weighted by Gasteiger charge is 2.57. The van der Waals surface area contributed by atoms with Crippen molar-refractivity contribution >= 4 is 23.1 Å². The number of anilines is 1. The standard InChI is InChI=1S/C16H24N2O2S/c1-3-20-14-8-13(16(14)6-4-5-7-16)18-15(19)17-12-10-21-9-11(12)2/h9-10,13-14H,3-8H2,1-2H3,(H2,17,18,19). The first kappa shape index (κ1) is 14.9. The fourth-order valence-corrected chi connectivity index (χ4v) is 4.67. The molecule has 2 aliphatic carbocycles. The summed E-state index contributed by atoms with van der Waals surface area (Å²) in [7, 11) is 0. The van der Waals surface area contributed by atoms with E-state index in [1.807, 2.05) is 17.7 Å². The molecule has 1 heterocycles. The third-order valence-electron chi connectivity index (χ3n) is 5.10. The Bertz CT molecular complexity index is 508. The number of thiophene rings is 1. The van der Waals surface area contributed by atoms with E-state index in [-0.39, 0.29) is 17.5 Å². The Morgan fingerprint density at radius 3 is 2.81 bits per heavy atom. The van der Waals surface area contributed by atoms with E-state index in [0.717, 1.165) is 24.3 Å². The van der Waals surface area contributed by atoms with Gasteiger partial charge >= 0.3 is 6.03 Å². The molecule has 0 radical (unpaired) electrons. The molecule has 21 heavy (non-hydrogen) atoms. The summed E-state index contributed by atoms with van der Waals surface area (Å²) in [6.45, 7) is 4.83. The van der Waals surface area contributed by atoms with Crippen molar-refractivity contribution in [1.29, 1.82) is 0 Å². The predicted octanol–water partition coefficient (Wildman–Crippen LogP) is 3.92. The molecule has 2 unspecified atom stereocenters. The van der Waals surface area contributed by atoms with Crippen LogP contribution in [0.5, 0.6) is 0 Å². The van der Waals surface area contributed by atoms with Gasteiger partial charge in [-0.05, 0) is 44.1 Å². The molecule has 2 amide bonds. The smallest absolute Gasteiger partial charge is 0.319 e. The number of carbonyl (C=O) groups excluding carboxylic acids is 1. The lowest BCUT2D eigenvalue weighted by atomic mass is 9.60. The van der Waals surface area contributed by atoms with E-state index < -0.39 is 0 Å². The van der Waals surface area contributed by atoms with Crippen molar-refractivity contribution in [3.8, 4) is 0 Å². The van der Waals surface area contributed by atoms with Crippen LogP contribution in [0.3, 0.4) is 0 Å². The third kappa shape index (κ3) is 2.69. The van der Waals surface area contributed by atoms with Gasteiger partial charge in [-0.15, -0.1) is 11.3 Å². The molecule has 1 aromatic rings. The van der Waals surface area contributed by atoms with Crippen LogP contribution < -0.4 is 10.6 Å². The highest BCUT2D eigenvalue weighted by molar-refractivity contribution is 7.08. The molecule has 0 saturated heterocycles. The summed E-state index contributed by atoms with van der Waals surface area (Å²) >= 11 is 1.61. The topological polar surface area (TPSA) is 50.4 Å². The molecule has 2 saturated carbocycles. The normalized spacial score (nSPS) is 26.6. The van der Waals surface area contributed by atoms with Gasteiger partial charge in [-0.3, -0.25) is 0 Å². The summed E-state index contributed by atoms with van der Waals surface area (Å²) in [5, 5.41) is 10.2. The summed E-state index contributed by atoms with van der Waals surface area (Å²) in [4.78, 5) is 12.2. The Kier molecular flexibility index (Phi) is 4.22. The molecule has 116 valence electrons. The zero-order valence-electron chi connectivity index (χ0n) is 12.8. The molecule has 0 aromatic carbocycles. The second-order valence-electron chi connectivity index (χ2n) is 6.24. The monoisotopic (exact) mass is 308 g/mol. The van der Waals surface area contributed by atoms with Gasteiger partial charge in [-0.2, -0.15) is 0 Å². The predicted molar refractivity (Wildman–Crippen MR) is 85.9 cm³/mol. The van der Waals surface area contributed by atoms with E-state index in [2.05, 4.69) is 17.6 Å². The average Bonchev–Trinajstić information content (AvgIpc) is 3.09. The van der Waals surface area contributed by atoms with Crippen LogP contribution >= 0.6 is 11.3 Å². The molecule has 0 bridgehead atoms. The van der Waals surface area contributed by atoms with Crippen LogP contribution in [0.1, 0.15) is 44.6 Å². The fraction of sp³-hybridized carbons (Fsp3) is 0.688. The number of nitrogens with one attached hydrogen (secondary N) is 2. The van der Waals surface area contributed by atoms with Crippen molar-refractivity contribution in [2.75, 3.05) is 11.9 Å². The van der Waals surface area contributed by atoms with Gasteiger partial charge in [0.1, 0.15) is 0 Å². The molecule has 2 aliphatic rings. The van der Waals surface area contributed by atoms with Crippen molar-refractivity contribution in [1.82, 2.24) is 5.32 Å². The molecular weight excluding hydrogens is 284 g/mol. The van der Waals surface area contributed by atoms with Crippen LogP contribution in [0.25, 0.3) is 0 Å². The summed E-state index contributed by atoms with van der Waals surface area (Å²) < 4.78 is 5.88. The Labute approximate surface area is 130 Å². The van der Waals surface area contributed by atoms with Crippen molar-refractivity contribution in [3.05, 3.63) is 16.3 Å². The molecule has 1 aromatic heterocycles. The Balaban J connectivity index is 1.60. The SMILES string of the molecule is CCOC1CC(NC(=O)Nc2cscc2C)C12CCCC2. The maximum Gasteiger partial charge on any atom is 0.319 e. The Morgan fingerprint density at radius 1 is 1.43 bits per heavy atom. The van der Waals surface area contributed by atoms with Crippen LogP contribution in [-0.4, -0.2) is 24.8 Å². The van der Waals surface area contributed by atoms with Gasteiger partial charge in [0.15, 0.2) is 0 Å². The fourth-order valence-electron chi connectivity index (χ4n) is 3.89. The molecule has 4 nitrogen and oxygen atoms in total. The van der Waals surface area contributed by atoms with Gasteiger partial charge in [0.2, 0.25) is 0 Å². The molecule has 0 aliphatic heterocycles. The Morgan fingerprint density at radius 2 is 2.19 bits per heavy atom. The van der Waals surface area contributed by atoms with E-state index in [0.29, 0.717) is 6.10 Å². The van der Waals surface area contributed by atoms with Crippen LogP contribution in [-0.2, 0) is 4.74 Å². The quantitative estimate of drug-likeness (QED) is 0.886. The number of hydrogen-bond acceptors (Lipinski definition) is 3. The highest BCUT2D eigenvalue weighted by atomic mass is 32.1. The number of carbonyl (C=O) groups is 1. The lowest BCUT2D eigenvalue weighted by molar-refractivity contribution is -0.126. The summed E-state index contributed by atoms with van der Waals surface area (Å²) in [5.74, 6) is 0. The summed E-state index contributed by atoms with van der Waals surface area (Å²) in [6.07, 6.45) is 6.16. The minimum absolute atomic E-state index is 0.0808. The molecule has 2 fully saturated rings. The van der Waals surface area contributed by atoms with Crippen molar-refractivity contribution < 1.29 is 9.53 Å². The van der Waals surface area contributed by atoms with Gasteiger partial charge in [-0.25, -0.2) is 4.79 Å². The molecule has 2 N–H and O–H groups in total. The molecular formula is C16H24N2O2S. The summed E-state index contributed by atoms with van der Waals surface area (Å²) in [6, 6.07) is 0.179. The molecule has 2 atom stereocenters. The summed E-state index contributed by atoms with van der Waals surface area (Å²) in [5.41, 5.74) is 2.22. The third-order valence-corrected chi connectivity index (χ3v) is 5.96. The van der Waals surface area contributed by atoms with Gasteiger partial charge in [-0.1, -0.05) is 12.8 Å². The van der Waals surface area contributed by atoms with E-state index in [1.54, 1.807) is 11.3 Å². The largest absolute Gasteiger partial charge is 0.378 e. The number of hydrogen-bond donors (Lipinski definition) is 2. The second-order valence-corrected chi connectivity index (χ2v) is 6.98. The highest BCUT2D eigenvalue weighted by Crippen LogP contribution is 2.54. The van der Waals surface area contributed by atoms with E-state index in [1.165, 1.54) is 25.7 Å². The number of aryl methyl sites for hydroxylation is 1. The zero-order valence-corrected chi connectivity index (χ0v) is 13.6. The number of urea groups is 1. The minimum atomic E-state index is -0.0808. The first-order valence-corrected chi connectivity index (χ1v) is 8.82. The Hall–Kier alpha value is -1.07. The number of amides is 2. The first-order valence-electron chi connectivity index (χ1n) is 7.87. The first-order chi connectivity index (χ1) is 10.2. The van der Waals surface area contributed by atoms with E-state index in [4.69, 9.17) is 4.74 Å². The number of rotatable bonds is 4.